The lowest BCUT2D eigenvalue weighted by atomic mass is 10.0. The van der Waals surface area contributed by atoms with Crippen LogP contribution < -0.4 is 0 Å². The lowest BCUT2D eigenvalue weighted by molar-refractivity contribution is -0.140. The van der Waals surface area contributed by atoms with Gasteiger partial charge in [0.15, 0.2) is 5.79 Å². The number of aromatic nitrogens is 2. The Morgan fingerprint density at radius 3 is 2.03 bits per heavy atom. The highest BCUT2D eigenvalue weighted by atomic mass is 16.7. The standard InChI is InChI=1S/C27H26N2O2/c1-19-14-16-22(17-15-19)29-25(21-12-8-5-9-13-21)24(20-10-6-4-7-11-20)28-26(29)23-18-30-27(2,3)31-23/h4-17,23H,18H2,1-3H3/t23-/m1/s1. The predicted molar refractivity (Wildman–Crippen MR) is 123 cm³/mol. The van der Waals surface area contributed by atoms with E-state index in [1.807, 2.05) is 38.1 Å². The first-order valence-electron chi connectivity index (χ1n) is 10.6. The molecule has 0 unspecified atom stereocenters. The molecule has 1 saturated heterocycles. The molecule has 0 amide bonds. The summed E-state index contributed by atoms with van der Waals surface area (Å²) in [5, 5.41) is 0. The Kier molecular flexibility index (Phi) is 4.97. The van der Waals surface area contributed by atoms with Gasteiger partial charge in [0, 0.05) is 16.8 Å². The maximum Gasteiger partial charge on any atom is 0.164 e. The van der Waals surface area contributed by atoms with E-state index < -0.39 is 5.79 Å². The van der Waals surface area contributed by atoms with Gasteiger partial charge in [-0.15, -0.1) is 0 Å². The summed E-state index contributed by atoms with van der Waals surface area (Å²) in [5.74, 6) is 0.223. The number of rotatable bonds is 4. The summed E-state index contributed by atoms with van der Waals surface area (Å²) in [5.41, 5.74) is 6.46. The van der Waals surface area contributed by atoms with Gasteiger partial charge in [0.25, 0.3) is 0 Å². The van der Waals surface area contributed by atoms with Crippen LogP contribution in [0.2, 0.25) is 0 Å². The normalized spacial score (nSPS) is 17.7. The van der Waals surface area contributed by atoms with Gasteiger partial charge in [-0.1, -0.05) is 78.4 Å². The predicted octanol–water partition coefficient (Wildman–Crippen LogP) is 6.34. The van der Waals surface area contributed by atoms with E-state index in [0.717, 1.165) is 34.0 Å². The molecule has 4 heteroatoms. The van der Waals surface area contributed by atoms with Crippen molar-refractivity contribution < 1.29 is 9.47 Å². The molecule has 156 valence electrons. The fourth-order valence-electron chi connectivity index (χ4n) is 4.08. The molecule has 3 aromatic carbocycles. The monoisotopic (exact) mass is 410 g/mol. The van der Waals surface area contributed by atoms with Gasteiger partial charge in [-0.3, -0.25) is 4.57 Å². The molecule has 1 fully saturated rings. The topological polar surface area (TPSA) is 36.3 Å². The second-order valence-corrected chi connectivity index (χ2v) is 8.39. The Morgan fingerprint density at radius 2 is 1.45 bits per heavy atom. The molecule has 1 aliphatic heterocycles. The molecular formula is C27H26N2O2. The number of benzene rings is 3. The number of imidazole rings is 1. The summed E-state index contributed by atoms with van der Waals surface area (Å²) in [7, 11) is 0. The first-order valence-corrected chi connectivity index (χ1v) is 10.6. The molecule has 0 aliphatic carbocycles. The van der Waals surface area contributed by atoms with E-state index in [2.05, 4.69) is 72.2 Å². The molecule has 0 radical (unpaired) electrons. The Balaban J connectivity index is 1.80. The van der Waals surface area contributed by atoms with Crippen molar-refractivity contribution in [3.63, 3.8) is 0 Å². The van der Waals surface area contributed by atoms with E-state index in [1.54, 1.807) is 0 Å². The van der Waals surface area contributed by atoms with Gasteiger partial charge < -0.3 is 9.47 Å². The van der Waals surface area contributed by atoms with Crippen LogP contribution in [0.4, 0.5) is 0 Å². The van der Waals surface area contributed by atoms with Crippen molar-refractivity contribution in [1.29, 1.82) is 0 Å². The summed E-state index contributed by atoms with van der Waals surface area (Å²) in [6, 6.07) is 29.3. The van der Waals surface area contributed by atoms with Crippen LogP contribution in [0.15, 0.2) is 84.9 Å². The van der Waals surface area contributed by atoms with Gasteiger partial charge in [-0.2, -0.15) is 0 Å². The van der Waals surface area contributed by atoms with Crippen molar-refractivity contribution in [2.45, 2.75) is 32.7 Å². The van der Waals surface area contributed by atoms with E-state index >= 15 is 0 Å². The van der Waals surface area contributed by atoms with Crippen molar-refractivity contribution >= 4 is 0 Å². The van der Waals surface area contributed by atoms with E-state index in [4.69, 9.17) is 14.5 Å². The van der Waals surface area contributed by atoms with Crippen LogP contribution >= 0.6 is 0 Å². The van der Waals surface area contributed by atoms with Crippen molar-refractivity contribution in [1.82, 2.24) is 9.55 Å². The molecule has 4 aromatic rings. The Hall–Kier alpha value is -3.21. The number of hydrogen-bond acceptors (Lipinski definition) is 3. The average molecular weight is 411 g/mol. The maximum absolute atomic E-state index is 6.26. The van der Waals surface area contributed by atoms with Crippen molar-refractivity contribution in [2.75, 3.05) is 6.61 Å². The van der Waals surface area contributed by atoms with Crippen LogP contribution in [-0.4, -0.2) is 21.9 Å². The smallest absolute Gasteiger partial charge is 0.164 e. The van der Waals surface area contributed by atoms with Crippen LogP contribution in [-0.2, 0) is 9.47 Å². The Morgan fingerprint density at radius 1 is 0.839 bits per heavy atom. The van der Waals surface area contributed by atoms with Crippen LogP contribution in [0, 0.1) is 6.92 Å². The minimum Gasteiger partial charge on any atom is -0.347 e. The van der Waals surface area contributed by atoms with Gasteiger partial charge in [0.1, 0.15) is 11.9 Å². The van der Waals surface area contributed by atoms with Crippen molar-refractivity contribution in [3.05, 3.63) is 96.3 Å². The summed E-state index contributed by atoms with van der Waals surface area (Å²) in [4.78, 5) is 5.16. The minimum absolute atomic E-state index is 0.253. The first kappa shape index (κ1) is 19.7. The molecule has 2 heterocycles. The largest absolute Gasteiger partial charge is 0.347 e. The molecule has 1 atom stereocenters. The van der Waals surface area contributed by atoms with E-state index in [-0.39, 0.29) is 6.10 Å². The van der Waals surface area contributed by atoms with Crippen LogP contribution in [0.25, 0.3) is 28.2 Å². The zero-order valence-electron chi connectivity index (χ0n) is 18.1. The molecule has 0 spiro atoms. The van der Waals surface area contributed by atoms with E-state index in [1.165, 1.54) is 5.56 Å². The molecular weight excluding hydrogens is 384 g/mol. The van der Waals surface area contributed by atoms with Crippen molar-refractivity contribution in [2.24, 2.45) is 0 Å². The van der Waals surface area contributed by atoms with Crippen molar-refractivity contribution in [3.8, 4) is 28.2 Å². The van der Waals surface area contributed by atoms with Crippen LogP contribution in [0.3, 0.4) is 0 Å². The third kappa shape index (κ3) is 3.80. The molecule has 31 heavy (non-hydrogen) atoms. The van der Waals surface area contributed by atoms with Crippen LogP contribution in [0.5, 0.6) is 0 Å². The highest BCUT2D eigenvalue weighted by Crippen LogP contribution is 2.40. The van der Waals surface area contributed by atoms with Crippen LogP contribution in [0.1, 0.15) is 31.3 Å². The summed E-state index contributed by atoms with van der Waals surface area (Å²) >= 11 is 0. The summed E-state index contributed by atoms with van der Waals surface area (Å²) in [6.07, 6.45) is -0.253. The third-order valence-corrected chi connectivity index (χ3v) is 5.59. The van der Waals surface area contributed by atoms with Gasteiger partial charge >= 0.3 is 0 Å². The highest BCUT2D eigenvalue weighted by Gasteiger charge is 2.37. The highest BCUT2D eigenvalue weighted by molar-refractivity contribution is 5.80. The average Bonchev–Trinajstić information content (AvgIpc) is 3.36. The Bertz CT molecular complexity index is 1180. The molecule has 1 aliphatic rings. The molecule has 0 saturated carbocycles. The lowest BCUT2D eigenvalue weighted by Gasteiger charge is -2.18. The number of hydrogen-bond donors (Lipinski definition) is 0. The lowest BCUT2D eigenvalue weighted by Crippen LogP contribution is -2.20. The van der Waals surface area contributed by atoms with E-state index in [9.17, 15) is 0 Å². The summed E-state index contributed by atoms with van der Waals surface area (Å²) < 4.78 is 14.4. The second kappa shape index (κ2) is 7.80. The zero-order valence-corrected chi connectivity index (χ0v) is 18.1. The second-order valence-electron chi connectivity index (χ2n) is 8.39. The van der Waals surface area contributed by atoms with Gasteiger partial charge in [0.2, 0.25) is 0 Å². The molecule has 4 nitrogen and oxygen atoms in total. The number of nitrogens with zero attached hydrogens (tertiary/aromatic N) is 2. The zero-order chi connectivity index (χ0) is 21.4. The molecule has 0 bridgehead atoms. The quantitative estimate of drug-likeness (QED) is 0.394. The molecule has 5 rings (SSSR count). The first-order chi connectivity index (χ1) is 15.0. The SMILES string of the molecule is Cc1ccc(-n2c([C@H]3COC(C)(C)O3)nc(-c3ccccc3)c2-c2ccccc2)cc1. The van der Waals surface area contributed by atoms with Gasteiger partial charge in [-0.25, -0.2) is 4.98 Å². The molecule has 1 aromatic heterocycles. The van der Waals surface area contributed by atoms with Gasteiger partial charge in [-0.05, 0) is 32.9 Å². The fourth-order valence-corrected chi connectivity index (χ4v) is 4.08. The van der Waals surface area contributed by atoms with E-state index in [0.29, 0.717) is 6.61 Å². The number of aryl methyl sites for hydroxylation is 1. The molecule has 0 N–H and O–H groups in total. The third-order valence-electron chi connectivity index (χ3n) is 5.59. The minimum atomic E-state index is -0.630. The summed E-state index contributed by atoms with van der Waals surface area (Å²) in [6.45, 7) is 6.46. The maximum atomic E-state index is 6.26. The number of ether oxygens (including phenoxy) is 2. The Labute approximate surface area is 183 Å². The fraction of sp³-hybridized carbons (Fsp3) is 0.222. The van der Waals surface area contributed by atoms with Gasteiger partial charge in [0.05, 0.1) is 18.0 Å².